The van der Waals surface area contributed by atoms with E-state index in [1.54, 1.807) is 11.8 Å². The maximum absolute atomic E-state index is 12.9. The van der Waals surface area contributed by atoms with Gasteiger partial charge in [-0.05, 0) is 30.7 Å². The summed E-state index contributed by atoms with van der Waals surface area (Å²) in [6.07, 6.45) is -2.47. The summed E-state index contributed by atoms with van der Waals surface area (Å²) in [6, 6.07) is 3.53. The Labute approximate surface area is 138 Å². The van der Waals surface area contributed by atoms with Crippen molar-refractivity contribution < 1.29 is 22.8 Å². The lowest BCUT2D eigenvalue weighted by Gasteiger charge is -2.35. The third-order valence-corrected chi connectivity index (χ3v) is 4.00. The third kappa shape index (κ3) is 4.39. The Morgan fingerprint density at radius 2 is 1.62 bits per heavy atom. The SMILES string of the molecule is CCC(NC(=O)N1CCN(C(=O)c2ccc(F)cc2)CC1)C(F)F. The lowest BCUT2D eigenvalue weighted by Crippen LogP contribution is -2.55. The van der Waals surface area contributed by atoms with E-state index in [1.807, 2.05) is 0 Å². The number of nitrogens with zero attached hydrogens (tertiary/aromatic N) is 2. The van der Waals surface area contributed by atoms with Crippen LogP contribution in [0.15, 0.2) is 24.3 Å². The molecule has 1 saturated heterocycles. The largest absolute Gasteiger partial charge is 0.335 e. The van der Waals surface area contributed by atoms with E-state index in [0.29, 0.717) is 18.7 Å². The number of piperazine rings is 1. The van der Waals surface area contributed by atoms with Crippen LogP contribution in [0.3, 0.4) is 0 Å². The zero-order valence-corrected chi connectivity index (χ0v) is 13.3. The van der Waals surface area contributed by atoms with Crippen molar-refractivity contribution in [2.75, 3.05) is 26.2 Å². The highest BCUT2D eigenvalue weighted by atomic mass is 19.3. The zero-order chi connectivity index (χ0) is 17.7. The molecular formula is C16H20F3N3O2. The van der Waals surface area contributed by atoms with Gasteiger partial charge in [0.25, 0.3) is 12.3 Å². The minimum Gasteiger partial charge on any atom is -0.335 e. The molecule has 1 aliphatic rings. The summed E-state index contributed by atoms with van der Waals surface area (Å²) < 4.78 is 38.3. The molecule has 0 bridgehead atoms. The first-order chi connectivity index (χ1) is 11.4. The quantitative estimate of drug-likeness (QED) is 0.912. The van der Waals surface area contributed by atoms with Crippen molar-refractivity contribution in [2.45, 2.75) is 25.8 Å². The maximum Gasteiger partial charge on any atom is 0.317 e. The van der Waals surface area contributed by atoms with Gasteiger partial charge in [0.15, 0.2) is 0 Å². The number of hydrogen-bond acceptors (Lipinski definition) is 2. The topological polar surface area (TPSA) is 52.7 Å². The summed E-state index contributed by atoms with van der Waals surface area (Å²) >= 11 is 0. The molecule has 1 atom stereocenters. The molecule has 1 heterocycles. The van der Waals surface area contributed by atoms with E-state index >= 15 is 0 Å². The Bertz CT molecular complexity index is 572. The second-order valence-corrected chi connectivity index (χ2v) is 5.58. The molecule has 24 heavy (non-hydrogen) atoms. The monoisotopic (exact) mass is 343 g/mol. The maximum atomic E-state index is 12.9. The Hall–Kier alpha value is -2.25. The molecule has 0 aromatic heterocycles. The molecule has 2 rings (SSSR count). The molecule has 8 heteroatoms. The summed E-state index contributed by atoms with van der Waals surface area (Å²) in [5, 5.41) is 2.31. The molecule has 1 fully saturated rings. The fourth-order valence-corrected chi connectivity index (χ4v) is 2.48. The number of carbonyl (C=O) groups excluding carboxylic acids is 2. The molecule has 1 aromatic rings. The van der Waals surface area contributed by atoms with Crippen molar-refractivity contribution in [2.24, 2.45) is 0 Å². The van der Waals surface area contributed by atoms with Crippen molar-refractivity contribution in [3.63, 3.8) is 0 Å². The van der Waals surface area contributed by atoms with E-state index < -0.39 is 24.3 Å². The molecule has 0 radical (unpaired) electrons. The van der Waals surface area contributed by atoms with Crippen LogP contribution in [0.25, 0.3) is 0 Å². The van der Waals surface area contributed by atoms with E-state index in [-0.39, 0.29) is 25.4 Å². The molecule has 5 nitrogen and oxygen atoms in total. The van der Waals surface area contributed by atoms with Crippen molar-refractivity contribution in [3.8, 4) is 0 Å². The molecule has 1 aliphatic heterocycles. The first-order valence-electron chi connectivity index (χ1n) is 7.80. The summed E-state index contributed by atoms with van der Waals surface area (Å²) in [5.74, 6) is -0.661. The lowest BCUT2D eigenvalue weighted by atomic mass is 10.2. The highest BCUT2D eigenvalue weighted by Crippen LogP contribution is 2.11. The number of amides is 3. The summed E-state index contributed by atoms with van der Waals surface area (Å²) in [6.45, 7) is 2.71. The van der Waals surface area contributed by atoms with Crippen LogP contribution in [-0.4, -0.2) is 60.4 Å². The van der Waals surface area contributed by atoms with Crippen LogP contribution < -0.4 is 5.32 Å². The van der Waals surface area contributed by atoms with E-state index in [2.05, 4.69) is 5.32 Å². The molecule has 1 aromatic carbocycles. The van der Waals surface area contributed by atoms with Crippen LogP contribution in [0.5, 0.6) is 0 Å². The van der Waals surface area contributed by atoms with Gasteiger partial charge in [-0.1, -0.05) is 6.92 Å². The standard InChI is InChI=1S/C16H20F3N3O2/c1-2-13(14(18)19)20-16(24)22-9-7-21(8-10-22)15(23)11-3-5-12(17)6-4-11/h3-6,13-14H,2,7-10H2,1H3,(H,20,24). The summed E-state index contributed by atoms with van der Waals surface area (Å²) in [7, 11) is 0. The van der Waals surface area contributed by atoms with Gasteiger partial charge in [0, 0.05) is 31.7 Å². The molecular weight excluding hydrogens is 323 g/mol. The van der Waals surface area contributed by atoms with Gasteiger partial charge in [0.2, 0.25) is 0 Å². The predicted octanol–water partition coefficient (Wildman–Crippen LogP) is 2.34. The second kappa shape index (κ2) is 8.03. The Balaban J connectivity index is 1.87. The van der Waals surface area contributed by atoms with E-state index in [0.717, 1.165) is 0 Å². The Morgan fingerprint density at radius 3 is 2.12 bits per heavy atom. The zero-order valence-electron chi connectivity index (χ0n) is 13.3. The van der Waals surface area contributed by atoms with Gasteiger partial charge >= 0.3 is 6.03 Å². The average molecular weight is 343 g/mol. The average Bonchev–Trinajstić information content (AvgIpc) is 2.59. The minimum atomic E-state index is -2.61. The van der Waals surface area contributed by atoms with Crippen molar-refractivity contribution in [1.82, 2.24) is 15.1 Å². The minimum absolute atomic E-state index is 0.145. The number of hydrogen-bond donors (Lipinski definition) is 1. The van der Waals surface area contributed by atoms with Gasteiger partial charge < -0.3 is 15.1 Å². The smallest absolute Gasteiger partial charge is 0.317 e. The fraction of sp³-hybridized carbons (Fsp3) is 0.500. The van der Waals surface area contributed by atoms with Crippen molar-refractivity contribution in [1.29, 1.82) is 0 Å². The molecule has 0 saturated carbocycles. The van der Waals surface area contributed by atoms with Gasteiger partial charge in [-0.3, -0.25) is 4.79 Å². The summed E-state index contributed by atoms with van der Waals surface area (Å²) in [4.78, 5) is 27.3. The van der Waals surface area contributed by atoms with Crippen LogP contribution in [0, 0.1) is 5.82 Å². The highest BCUT2D eigenvalue weighted by molar-refractivity contribution is 5.94. The fourth-order valence-electron chi connectivity index (χ4n) is 2.48. The van der Waals surface area contributed by atoms with E-state index in [9.17, 15) is 22.8 Å². The first-order valence-corrected chi connectivity index (χ1v) is 7.80. The second-order valence-electron chi connectivity index (χ2n) is 5.58. The number of benzene rings is 1. The number of rotatable bonds is 4. The molecule has 0 aliphatic carbocycles. The van der Waals surface area contributed by atoms with Gasteiger partial charge in [-0.2, -0.15) is 0 Å². The van der Waals surface area contributed by atoms with Crippen molar-refractivity contribution >= 4 is 11.9 Å². The number of carbonyl (C=O) groups is 2. The van der Waals surface area contributed by atoms with Crippen LogP contribution in [0.4, 0.5) is 18.0 Å². The molecule has 0 spiro atoms. The summed E-state index contributed by atoms with van der Waals surface area (Å²) in [5.41, 5.74) is 0.373. The van der Waals surface area contributed by atoms with E-state index in [1.165, 1.54) is 29.2 Å². The van der Waals surface area contributed by atoms with Gasteiger partial charge in [0.1, 0.15) is 5.82 Å². The van der Waals surface area contributed by atoms with Gasteiger partial charge in [-0.15, -0.1) is 0 Å². The number of halogens is 3. The third-order valence-electron chi connectivity index (χ3n) is 4.00. The van der Waals surface area contributed by atoms with Crippen LogP contribution >= 0.6 is 0 Å². The van der Waals surface area contributed by atoms with Crippen LogP contribution in [0.1, 0.15) is 23.7 Å². The molecule has 1 N–H and O–H groups in total. The predicted molar refractivity (Wildman–Crippen MR) is 82.5 cm³/mol. The normalized spacial score (nSPS) is 16.2. The van der Waals surface area contributed by atoms with E-state index in [4.69, 9.17) is 0 Å². The van der Waals surface area contributed by atoms with Crippen LogP contribution in [0.2, 0.25) is 0 Å². The number of urea groups is 1. The highest BCUT2D eigenvalue weighted by Gasteiger charge is 2.27. The molecule has 1 unspecified atom stereocenters. The Morgan fingerprint density at radius 1 is 1.08 bits per heavy atom. The van der Waals surface area contributed by atoms with Crippen molar-refractivity contribution in [3.05, 3.63) is 35.6 Å². The van der Waals surface area contributed by atoms with Crippen LogP contribution in [-0.2, 0) is 0 Å². The van der Waals surface area contributed by atoms with Gasteiger partial charge in [-0.25, -0.2) is 18.0 Å². The number of alkyl halides is 2. The molecule has 132 valence electrons. The Kier molecular flexibility index (Phi) is 6.05. The lowest BCUT2D eigenvalue weighted by molar-refractivity contribution is 0.0645. The molecule has 3 amide bonds. The first kappa shape index (κ1) is 18.1. The number of nitrogens with one attached hydrogen (secondary N) is 1. The van der Waals surface area contributed by atoms with Gasteiger partial charge in [0.05, 0.1) is 6.04 Å².